The molecule has 0 atom stereocenters. The maximum Gasteiger partial charge on any atom is 0.393 e. The molecule has 0 aliphatic carbocycles. The molecule has 1 aromatic rings. The Morgan fingerprint density at radius 1 is 1.14 bits per heavy atom. The van der Waals surface area contributed by atoms with Crippen LogP contribution in [-0.2, 0) is 6.42 Å². The topological polar surface area (TPSA) is 3.24 Å². The highest BCUT2D eigenvalue weighted by atomic mass is 19.4. The highest BCUT2D eigenvalue weighted by molar-refractivity contribution is 5.52. The molecule has 0 spiro atoms. The molecule has 0 heterocycles. The Bertz CT molecular complexity index is 510. The minimum Gasteiger partial charge on any atom is -0.348 e. The Hall–Kier alpha value is -1.71. The third-order valence-electron chi connectivity index (χ3n) is 3.22. The normalized spacial score (nSPS) is 13.5. The molecule has 1 rings (SSSR count). The van der Waals surface area contributed by atoms with Crippen LogP contribution in [0.5, 0.6) is 0 Å². The second kappa shape index (κ2) is 7.34. The van der Waals surface area contributed by atoms with Gasteiger partial charge in [-0.1, -0.05) is 30.7 Å². The molecule has 4 heteroatoms. The monoisotopic (exact) mass is 297 g/mol. The van der Waals surface area contributed by atoms with E-state index in [1.165, 1.54) is 17.7 Å². The first-order valence-electron chi connectivity index (χ1n) is 6.97. The van der Waals surface area contributed by atoms with Crippen molar-refractivity contribution in [1.82, 2.24) is 0 Å². The minimum atomic E-state index is -4.16. The Morgan fingerprint density at radius 2 is 1.71 bits per heavy atom. The van der Waals surface area contributed by atoms with Gasteiger partial charge in [-0.3, -0.25) is 0 Å². The standard InChI is InChI=1S/C17H22F3N/c1-5-6-13(2)11-14(3)21(4)16-9-7-15(8-10-16)12-17(18,19)20/h6-11H,5,12H2,1-4H3/b13-6-,14-11-. The molecular formula is C17H22F3N. The van der Waals surface area contributed by atoms with Gasteiger partial charge in [-0.05, 0) is 44.0 Å². The average molecular weight is 297 g/mol. The van der Waals surface area contributed by atoms with Crippen molar-refractivity contribution in [3.05, 3.63) is 53.3 Å². The summed E-state index contributed by atoms with van der Waals surface area (Å²) in [7, 11) is 1.91. The average Bonchev–Trinajstić information content (AvgIpc) is 2.37. The van der Waals surface area contributed by atoms with Crippen LogP contribution in [-0.4, -0.2) is 13.2 Å². The van der Waals surface area contributed by atoms with E-state index >= 15 is 0 Å². The molecule has 0 radical (unpaired) electrons. The molecular weight excluding hydrogens is 275 g/mol. The van der Waals surface area contributed by atoms with Gasteiger partial charge >= 0.3 is 6.18 Å². The van der Waals surface area contributed by atoms with Crippen molar-refractivity contribution in [3.8, 4) is 0 Å². The molecule has 0 saturated heterocycles. The van der Waals surface area contributed by atoms with Crippen LogP contribution >= 0.6 is 0 Å². The van der Waals surface area contributed by atoms with Crippen molar-refractivity contribution in [2.75, 3.05) is 11.9 Å². The summed E-state index contributed by atoms with van der Waals surface area (Å²) in [5, 5.41) is 0. The molecule has 0 aliphatic rings. The Balaban J connectivity index is 2.84. The molecule has 0 N–H and O–H groups in total. The van der Waals surface area contributed by atoms with Gasteiger partial charge in [0, 0.05) is 18.4 Å². The van der Waals surface area contributed by atoms with Gasteiger partial charge in [-0.15, -0.1) is 0 Å². The van der Waals surface area contributed by atoms with Crippen molar-refractivity contribution in [2.45, 2.75) is 39.8 Å². The Labute approximate surface area is 124 Å². The lowest BCUT2D eigenvalue weighted by molar-refractivity contribution is -0.127. The molecule has 0 aromatic heterocycles. The van der Waals surface area contributed by atoms with Gasteiger partial charge < -0.3 is 4.90 Å². The number of alkyl halides is 3. The van der Waals surface area contributed by atoms with Gasteiger partial charge in [0.2, 0.25) is 0 Å². The van der Waals surface area contributed by atoms with Crippen molar-refractivity contribution < 1.29 is 13.2 Å². The largest absolute Gasteiger partial charge is 0.393 e. The van der Waals surface area contributed by atoms with Crippen LogP contribution in [0.2, 0.25) is 0 Å². The summed E-state index contributed by atoms with van der Waals surface area (Å²) < 4.78 is 37.0. The molecule has 0 amide bonds. The van der Waals surface area contributed by atoms with Gasteiger partial charge in [0.1, 0.15) is 0 Å². The van der Waals surface area contributed by atoms with Gasteiger partial charge in [-0.25, -0.2) is 0 Å². The first-order valence-corrected chi connectivity index (χ1v) is 6.97. The van der Waals surface area contributed by atoms with Gasteiger partial charge in [0.15, 0.2) is 0 Å². The van der Waals surface area contributed by atoms with Crippen LogP contribution in [0.4, 0.5) is 18.9 Å². The van der Waals surface area contributed by atoms with Crippen molar-refractivity contribution in [1.29, 1.82) is 0 Å². The number of hydrogen-bond donors (Lipinski definition) is 0. The third kappa shape index (κ3) is 6.06. The van der Waals surface area contributed by atoms with Crippen LogP contribution in [0.3, 0.4) is 0 Å². The lowest BCUT2D eigenvalue weighted by atomic mass is 10.1. The zero-order valence-corrected chi connectivity index (χ0v) is 13.0. The third-order valence-corrected chi connectivity index (χ3v) is 3.22. The molecule has 0 unspecified atom stereocenters. The summed E-state index contributed by atoms with van der Waals surface area (Å²) in [6, 6.07) is 6.50. The van der Waals surface area contributed by atoms with Crippen LogP contribution in [0, 0.1) is 0 Å². The summed E-state index contributed by atoms with van der Waals surface area (Å²) in [6.07, 6.45) is 0.123. The Kier molecular flexibility index (Phi) is 6.06. The lowest BCUT2D eigenvalue weighted by Gasteiger charge is -2.21. The first kappa shape index (κ1) is 17.3. The van der Waals surface area contributed by atoms with Crippen LogP contribution in [0.1, 0.15) is 32.8 Å². The number of nitrogens with zero attached hydrogens (tertiary/aromatic N) is 1. The fraction of sp³-hybridized carbons (Fsp3) is 0.412. The maximum atomic E-state index is 12.3. The molecule has 0 aliphatic heterocycles. The molecule has 116 valence electrons. The van der Waals surface area contributed by atoms with E-state index in [1.54, 1.807) is 12.1 Å². The van der Waals surface area contributed by atoms with Crippen molar-refractivity contribution in [3.63, 3.8) is 0 Å². The molecule has 1 aromatic carbocycles. The Morgan fingerprint density at radius 3 is 2.19 bits per heavy atom. The van der Waals surface area contributed by atoms with E-state index in [-0.39, 0.29) is 5.56 Å². The molecule has 21 heavy (non-hydrogen) atoms. The molecule has 0 fully saturated rings. The van der Waals surface area contributed by atoms with E-state index in [0.29, 0.717) is 0 Å². The zero-order valence-electron chi connectivity index (χ0n) is 13.0. The fourth-order valence-electron chi connectivity index (χ4n) is 2.08. The number of hydrogen-bond acceptors (Lipinski definition) is 1. The summed E-state index contributed by atoms with van der Waals surface area (Å²) in [5.41, 5.74) is 3.37. The number of halogens is 3. The highest BCUT2D eigenvalue weighted by Crippen LogP contribution is 2.24. The van der Waals surface area contributed by atoms with Crippen molar-refractivity contribution in [2.24, 2.45) is 0 Å². The van der Waals surface area contributed by atoms with E-state index < -0.39 is 12.6 Å². The summed E-state index contributed by atoms with van der Waals surface area (Å²) in [6.45, 7) is 6.10. The number of benzene rings is 1. The SMILES string of the molecule is CC/C=C(C)\C=C(\C)N(C)c1ccc(CC(F)(F)F)cc1. The smallest absolute Gasteiger partial charge is 0.348 e. The molecule has 1 nitrogen and oxygen atoms in total. The summed E-state index contributed by atoms with van der Waals surface area (Å²) >= 11 is 0. The van der Waals surface area contributed by atoms with E-state index in [1.807, 2.05) is 25.8 Å². The van der Waals surface area contributed by atoms with Gasteiger partial charge in [-0.2, -0.15) is 13.2 Å². The zero-order chi connectivity index (χ0) is 16.0. The molecule has 0 bridgehead atoms. The van der Waals surface area contributed by atoms with Crippen molar-refractivity contribution >= 4 is 5.69 Å². The van der Waals surface area contributed by atoms with Crippen LogP contribution in [0.25, 0.3) is 0 Å². The predicted octanol–water partition coefficient (Wildman–Crippen LogP) is 5.49. The van der Waals surface area contributed by atoms with Gasteiger partial charge in [0.05, 0.1) is 6.42 Å². The number of anilines is 1. The van der Waals surface area contributed by atoms with E-state index in [2.05, 4.69) is 19.1 Å². The van der Waals surface area contributed by atoms with E-state index in [9.17, 15) is 13.2 Å². The predicted molar refractivity (Wildman–Crippen MR) is 82.4 cm³/mol. The highest BCUT2D eigenvalue weighted by Gasteiger charge is 2.27. The van der Waals surface area contributed by atoms with Crippen LogP contribution < -0.4 is 4.90 Å². The summed E-state index contributed by atoms with van der Waals surface area (Å²) in [5.74, 6) is 0. The van der Waals surface area contributed by atoms with Gasteiger partial charge in [0.25, 0.3) is 0 Å². The first-order chi connectivity index (χ1) is 9.73. The number of rotatable bonds is 5. The van der Waals surface area contributed by atoms with Crippen LogP contribution in [0.15, 0.2) is 47.7 Å². The molecule has 0 saturated carbocycles. The van der Waals surface area contributed by atoms with E-state index in [0.717, 1.165) is 17.8 Å². The second-order valence-electron chi connectivity index (χ2n) is 5.16. The summed E-state index contributed by atoms with van der Waals surface area (Å²) in [4.78, 5) is 1.96. The quantitative estimate of drug-likeness (QED) is 0.650. The second-order valence-corrected chi connectivity index (χ2v) is 5.16. The minimum absolute atomic E-state index is 0.281. The van der Waals surface area contributed by atoms with E-state index in [4.69, 9.17) is 0 Å². The maximum absolute atomic E-state index is 12.3. The fourth-order valence-corrected chi connectivity index (χ4v) is 2.08. The lowest BCUT2D eigenvalue weighted by Crippen LogP contribution is -2.15. The number of allylic oxidation sites excluding steroid dienone is 4.